The fourth-order valence-corrected chi connectivity index (χ4v) is 7.17. The van der Waals surface area contributed by atoms with Crippen molar-refractivity contribution in [3.8, 4) is 0 Å². The minimum Gasteiger partial charge on any atom is -0.337 e. The van der Waals surface area contributed by atoms with Crippen LogP contribution in [0.2, 0.25) is 0 Å². The number of anilines is 1. The van der Waals surface area contributed by atoms with Gasteiger partial charge in [0, 0.05) is 37.1 Å². The van der Waals surface area contributed by atoms with Crippen LogP contribution in [0, 0.1) is 18.7 Å². The van der Waals surface area contributed by atoms with Crippen molar-refractivity contribution in [1.82, 2.24) is 14.3 Å². The standard InChI is InChI=1S/C32H33FN4O3S/c1-21-17-25(13-14-29(21)33)41(39,40)35-30-10-6-9-23-11-12-24(18-27(23)30)37(20-31-34-15-16-36(31)2)32(38)28-19-26(28)22-7-4-3-5-8-22/h3-5,7-8,11-18,26,28,30,35H,6,9-10,19-20H2,1-2H3. The molecule has 1 amide bonds. The van der Waals surface area contributed by atoms with Gasteiger partial charge in [-0.1, -0.05) is 36.4 Å². The second kappa shape index (κ2) is 10.9. The van der Waals surface area contributed by atoms with Crippen LogP contribution in [-0.2, 0) is 34.8 Å². The number of amides is 1. The Labute approximate surface area is 240 Å². The van der Waals surface area contributed by atoms with Crippen LogP contribution in [0.1, 0.15) is 59.3 Å². The summed E-state index contributed by atoms with van der Waals surface area (Å²) >= 11 is 0. The lowest BCUT2D eigenvalue weighted by Crippen LogP contribution is -2.34. The Morgan fingerprint density at radius 1 is 1.12 bits per heavy atom. The summed E-state index contributed by atoms with van der Waals surface area (Å²) in [6.45, 7) is 1.86. The molecule has 9 heteroatoms. The van der Waals surface area contributed by atoms with Crippen LogP contribution in [-0.4, -0.2) is 23.9 Å². The number of sulfonamides is 1. The molecule has 3 unspecified atom stereocenters. The number of halogens is 1. The number of fused-ring (bicyclic) bond motifs is 1. The van der Waals surface area contributed by atoms with Gasteiger partial charge in [0.1, 0.15) is 11.6 Å². The van der Waals surface area contributed by atoms with Gasteiger partial charge in [-0.15, -0.1) is 0 Å². The Balaban J connectivity index is 1.32. The molecule has 2 aliphatic carbocycles. The SMILES string of the molecule is Cc1cc(S(=O)(=O)NC2CCCc3ccc(N(Cc4nccn4C)C(=O)C4CC4c4ccccc4)cc32)ccc1F. The first-order valence-corrected chi connectivity index (χ1v) is 15.4. The third-order valence-corrected chi connectivity index (χ3v) is 9.78. The maximum absolute atomic E-state index is 14.0. The first-order valence-electron chi connectivity index (χ1n) is 13.9. The first kappa shape index (κ1) is 27.4. The van der Waals surface area contributed by atoms with Gasteiger partial charge in [0.2, 0.25) is 15.9 Å². The highest BCUT2D eigenvalue weighted by atomic mass is 32.2. The lowest BCUT2D eigenvalue weighted by atomic mass is 9.87. The van der Waals surface area contributed by atoms with Crippen LogP contribution in [0.4, 0.5) is 10.1 Å². The van der Waals surface area contributed by atoms with Crippen molar-refractivity contribution in [3.63, 3.8) is 0 Å². The number of carbonyl (C=O) groups excluding carboxylic acids is 1. The molecule has 1 N–H and O–H groups in total. The number of carbonyl (C=O) groups is 1. The summed E-state index contributed by atoms with van der Waals surface area (Å²) in [4.78, 5) is 20.3. The molecule has 212 valence electrons. The predicted molar refractivity (Wildman–Crippen MR) is 155 cm³/mol. The van der Waals surface area contributed by atoms with Crippen LogP contribution in [0.3, 0.4) is 0 Å². The number of benzene rings is 3. The molecule has 3 atom stereocenters. The molecule has 4 aromatic rings. The molecular weight excluding hydrogens is 539 g/mol. The maximum atomic E-state index is 14.0. The lowest BCUT2D eigenvalue weighted by Gasteiger charge is -2.29. The van der Waals surface area contributed by atoms with Crippen molar-refractivity contribution < 1.29 is 17.6 Å². The van der Waals surface area contributed by atoms with Crippen LogP contribution in [0.5, 0.6) is 0 Å². The Bertz CT molecular complexity index is 1700. The van der Waals surface area contributed by atoms with E-state index in [9.17, 15) is 17.6 Å². The molecular formula is C32H33FN4O3S. The average Bonchev–Trinajstić information content (AvgIpc) is 3.67. The molecule has 6 rings (SSSR count). The van der Waals surface area contributed by atoms with Crippen LogP contribution in [0.25, 0.3) is 0 Å². The predicted octanol–water partition coefficient (Wildman–Crippen LogP) is 5.56. The molecule has 0 spiro atoms. The molecule has 7 nitrogen and oxygen atoms in total. The third-order valence-electron chi connectivity index (χ3n) is 8.31. The molecule has 1 heterocycles. The molecule has 2 aliphatic rings. The van der Waals surface area contributed by atoms with Gasteiger partial charge in [-0.3, -0.25) is 4.79 Å². The molecule has 41 heavy (non-hydrogen) atoms. The second-order valence-electron chi connectivity index (χ2n) is 11.1. The summed E-state index contributed by atoms with van der Waals surface area (Å²) in [6.07, 6.45) is 6.66. The molecule has 0 aliphatic heterocycles. The zero-order valence-corrected chi connectivity index (χ0v) is 23.9. The fraction of sp³-hybridized carbons (Fsp3) is 0.312. The van der Waals surface area contributed by atoms with Gasteiger partial charge in [-0.05, 0) is 91.1 Å². The van der Waals surface area contributed by atoms with E-state index in [1.54, 1.807) is 18.0 Å². The highest BCUT2D eigenvalue weighted by molar-refractivity contribution is 7.89. The lowest BCUT2D eigenvalue weighted by molar-refractivity contribution is -0.120. The largest absolute Gasteiger partial charge is 0.337 e. The molecule has 0 radical (unpaired) electrons. The van der Waals surface area contributed by atoms with E-state index < -0.39 is 21.9 Å². The van der Waals surface area contributed by atoms with E-state index in [-0.39, 0.29) is 28.2 Å². The topological polar surface area (TPSA) is 84.3 Å². The van der Waals surface area contributed by atoms with E-state index in [0.29, 0.717) is 13.0 Å². The molecule has 1 aromatic heterocycles. The minimum atomic E-state index is -3.89. The van der Waals surface area contributed by atoms with Gasteiger partial charge in [0.05, 0.1) is 11.4 Å². The Kier molecular flexibility index (Phi) is 7.25. The summed E-state index contributed by atoms with van der Waals surface area (Å²) < 4.78 is 45.2. The second-order valence-corrected chi connectivity index (χ2v) is 12.8. The van der Waals surface area contributed by atoms with E-state index in [4.69, 9.17) is 0 Å². The smallest absolute Gasteiger partial charge is 0.241 e. The normalized spacial score (nSPS) is 19.9. The van der Waals surface area contributed by atoms with Crippen LogP contribution in [0.15, 0.2) is 84.0 Å². The summed E-state index contributed by atoms with van der Waals surface area (Å²) in [5, 5.41) is 0. The van der Waals surface area contributed by atoms with Gasteiger partial charge in [0.25, 0.3) is 0 Å². The summed E-state index contributed by atoms with van der Waals surface area (Å²) in [6, 6.07) is 19.4. The number of aryl methyl sites for hydroxylation is 3. The number of hydrogen-bond donors (Lipinski definition) is 1. The Hall–Kier alpha value is -3.82. The van der Waals surface area contributed by atoms with E-state index in [0.717, 1.165) is 41.9 Å². The quantitative estimate of drug-likeness (QED) is 0.300. The Morgan fingerprint density at radius 3 is 2.66 bits per heavy atom. The van der Waals surface area contributed by atoms with Gasteiger partial charge in [0.15, 0.2) is 0 Å². The number of nitrogens with zero attached hydrogens (tertiary/aromatic N) is 3. The maximum Gasteiger partial charge on any atom is 0.241 e. The van der Waals surface area contributed by atoms with E-state index in [1.807, 2.05) is 54.2 Å². The highest BCUT2D eigenvalue weighted by Gasteiger charge is 2.46. The van der Waals surface area contributed by atoms with Crippen LogP contribution < -0.4 is 9.62 Å². The van der Waals surface area contributed by atoms with Crippen molar-refractivity contribution in [3.05, 3.63) is 113 Å². The number of imidazole rings is 1. The van der Waals surface area contributed by atoms with Crippen molar-refractivity contribution >= 4 is 21.6 Å². The molecule has 1 fully saturated rings. The van der Waals surface area contributed by atoms with Crippen molar-refractivity contribution in [2.45, 2.75) is 56.0 Å². The van der Waals surface area contributed by atoms with Crippen molar-refractivity contribution in [1.29, 1.82) is 0 Å². The fourth-order valence-electron chi connectivity index (χ4n) is 5.84. The molecule has 3 aromatic carbocycles. The number of rotatable bonds is 8. The van der Waals surface area contributed by atoms with Gasteiger partial charge < -0.3 is 9.47 Å². The summed E-state index contributed by atoms with van der Waals surface area (Å²) in [7, 11) is -1.98. The summed E-state index contributed by atoms with van der Waals surface area (Å²) in [5.41, 5.74) is 4.08. The van der Waals surface area contributed by atoms with Crippen LogP contribution >= 0.6 is 0 Å². The molecule has 0 saturated heterocycles. The summed E-state index contributed by atoms with van der Waals surface area (Å²) in [5.74, 6) is 0.418. The zero-order chi connectivity index (χ0) is 28.7. The van der Waals surface area contributed by atoms with E-state index >= 15 is 0 Å². The zero-order valence-electron chi connectivity index (χ0n) is 23.1. The molecule has 1 saturated carbocycles. The van der Waals surface area contributed by atoms with Gasteiger partial charge in [-0.25, -0.2) is 22.5 Å². The van der Waals surface area contributed by atoms with Gasteiger partial charge in [-0.2, -0.15) is 0 Å². The number of aromatic nitrogens is 2. The third kappa shape index (κ3) is 5.56. The first-order chi connectivity index (χ1) is 19.7. The van der Waals surface area contributed by atoms with Crippen molar-refractivity contribution in [2.24, 2.45) is 13.0 Å². The van der Waals surface area contributed by atoms with E-state index in [2.05, 4.69) is 21.8 Å². The average molecular weight is 573 g/mol. The minimum absolute atomic E-state index is 0.0342. The number of hydrogen-bond acceptors (Lipinski definition) is 4. The monoisotopic (exact) mass is 572 g/mol. The highest BCUT2D eigenvalue weighted by Crippen LogP contribution is 2.49. The van der Waals surface area contributed by atoms with Gasteiger partial charge >= 0.3 is 0 Å². The van der Waals surface area contributed by atoms with E-state index in [1.165, 1.54) is 23.8 Å². The van der Waals surface area contributed by atoms with Crippen molar-refractivity contribution in [2.75, 3.05) is 4.90 Å². The molecule has 0 bridgehead atoms. The Morgan fingerprint density at radius 2 is 1.93 bits per heavy atom. The number of nitrogens with one attached hydrogen (secondary N) is 1.